The third-order valence-corrected chi connectivity index (χ3v) is 5.57. The van der Waals surface area contributed by atoms with Crippen molar-refractivity contribution in [1.82, 2.24) is 5.32 Å². The van der Waals surface area contributed by atoms with E-state index in [1.807, 2.05) is 0 Å². The van der Waals surface area contributed by atoms with Gasteiger partial charge in [0.15, 0.2) is 0 Å². The average Bonchev–Trinajstić information content (AvgIpc) is 2.50. The summed E-state index contributed by atoms with van der Waals surface area (Å²) < 4.78 is 0. The Morgan fingerprint density at radius 1 is 1.04 bits per heavy atom. The zero-order valence-corrected chi connectivity index (χ0v) is 16.2. The third-order valence-electron chi connectivity index (χ3n) is 3.88. The molecule has 0 spiro atoms. The van der Waals surface area contributed by atoms with E-state index in [0.29, 0.717) is 12.2 Å². The molecule has 0 aromatic carbocycles. The van der Waals surface area contributed by atoms with E-state index < -0.39 is 23.0 Å². The molecule has 0 aliphatic rings. The molecule has 6 heteroatoms. The van der Waals surface area contributed by atoms with Gasteiger partial charge in [-0.2, -0.15) is 0 Å². The van der Waals surface area contributed by atoms with Crippen LogP contribution in [0.2, 0.25) is 0 Å². The molecule has 0 radical (unpaired) electrons. The lowest BCUT2D eigenvalue weighted by molar-refractivity contribution is -0.301. The van der Waals surface area contributed by atoms with Crippen LogP contribution in [0.15, 0.2) is 0 Å². The largest absolute Gasteiger partial charge is 0.545 e. The summed E-state index contributed by atoms with van der Waals surface area (Å²) in [6, 6.07) is 0. The summed E-state index contributed by atoms with van der Waals surface area (Å²) in [4.78, 5) is 22.2. The highest BCUT2D eigenvalue weighted by atomic mass is 32.2. The molecule has 24 heavy (non-hydrogen) atoms. The van der Waals surface area contributed by atoms with Crippen LogP contribution in [0.1, 0.15) is 71.1 Å². The second-order valence-electron chi connectivity index (χ2n) is 6.50. The highest BCUT2D eigenvalue weighted by Gasteiger charge is 2.18. The summed E-state index contributed by atoms with van der Waals surface area (Å²) >= 11 is 0. The number of carbonyl (C=O) groups excluding carboxylic acids is 2. The van der Waals surface area contributed by atoms with E-state index in [4.69, 9.17) is 0 Å². The van der Waals surface area contributed by atoms with Crippen molar-refractivity contribution in [3.05, 3.63) is 0 Å². The molecule has 0 saturated carbocycles. The van der Waals surface area contributed by atoms with Crippen molar-refractivity contribution in [1.29, 1.82) is 0 Å². The summed E-state index contributed by atoms with van der Waals surface area (Å²) in [5, 5.41) is 23.0. The number of hydrogen-bond acceptors (Lipinski definition) is 4. The summed E-state index contributed by atoms with van der Waals surface area (Å²) in [5.74, 6) is -0.786. The van der Waals surface area contributed by atoms with Crippen LogP contribution in [0.4, 0.5) is 0 Å². The lowest BCUT2D eigenvalue weighted by Crippen LogP contribution is -2.38. The fourth-order valence-corrected chi connectivity index (χ4v) is 3.86. The number of carboxylic acids is 1. The van der Waals surface area contributed by atoms with Gasteiger partial charge >= 0.3 is 0 Å². The maximum Gasteiger partial charge on any atom is 0.220 e. The zero-order valence-electron chi connectivity index (χ0n) is 15.3. The van der Waals surface area contributed by atoms with Gasteiger partial charge in [-0.3, -0.25) is 4.79 Å². The molecule has 2 atom stereocenters. The smallest absolute Gasteiger partial charge is 0.220 e. The van der Waals surface area contributed by atoms with Crippen LogP contribution in [0.3, 0.4) is 0 Å². The maximum absolute atomic E-state index is 11.7. The molecule has 2 unspecified atom stereocenters. The lowest BCUT2D eigenvalue weighted by Gasteiger charge is -2.12. The first-order chi connectivity index (χ1) is 11.5. The second-order valence-corrected chi connectivity index (χ2v) is 8.69. The summed E-state index contributed by atoms with van der Waals surface area (Å²) in [5.41, 5.74) is 0. The third kappa shape index (κ3) is 16.1. The van der Waals surface area contributed by atoms with Crippen molar-refractivity contribution in [2.24, 2.45) is 0 Å². The highest BCUT2D eigenvalue weighted by molar-refractivity contribution is 7.96. The molecule has 1 amide bonds. The minimum atomic E-state index is -1.09. The normalized spacial score (nSPS) is 13.5. The van der Waals surface area contributed by atoms with Crippen LogP contribution in [-0.4, -0.2) is 47.4 Å². The van der Waals surface area contributed by atoms with Crippen LogP contribution in [0.25, 0.3) is 0 Å². The van der Waals surface area contributed by atoms with Gasteiger partial charge in [-0.15, -0.1) is 0 Å². The molecular formula is C18H35NO4S. The molecule has 0 heterocycles. The van der Waals surface area contributed by atoms with Gasteiger partial charge < -0.3 is 20.3 Å². The van der Waals surface area contributed by atoms with Gasteiger partial charge in [0.1, 0.15) is 17.6 Å². The van der Waals surface area contributed by atoms with Gasteiger partial charge in [-0.1, -0.05) is 58.3 Å². The number of aliphatic carboxylic acids is 1. The van der Waals surface area contributed by atoms with Gasteiger partial charge in [0.25, 0.3) is 0 Å². The van der Waals surface area contributed by atoms with Gasteiger partial charge in [0.2, 0.25) is 5.91 Å². The average molecular weight is 362 g/mol. The fourth-order valence-electron chi connectivity index (χ4n) is 2.56. The number of aliphatic hydroxyl groups excluding tert-OH is 1. The topological polar surface area (TPSA) is 89.5 Å². The van der Waals surface area contributed by atoms with Crippen LogP contribution < -0.4 is 10.4 Å². The van der Waals surface area contributed by atoms with E-state index in [-0.39, 0.29) is 18.2 Å². The lowest BCUT2D eigenvalue weighted by atomic mass is 10.1. The quantitative estimate of drug-likeness (QED) is 0.321. The van der Waals surface area contributed by atoms with E-state index >= 15 is 0 Å². The fraction of sp³-hybridized carbons (Fsp3) is 0.889. The standard InChI is InChI=1S/C18H35NO4S/c1-3-4-5-6-7-8-9-10-11-12-17(21)19-13-16(20)14-24(2)15-18(22)23/h16,20H,3-15H2,1-2H3,(H-,19,21,22,23). The number of nitrogens with one attached hydrogen (secondary N) is 1. The number of carboxylic acid groups (broad SMARTS) is 1. The minimum Gasteiger partial charge on any atom is -0.545 e. The molecule has 0 aliphatic heterocycles. The van der Waals surface area contributed by atoms with Crippen molar-refractivity contribution >= 4 is 22.8 Å². The van der Waals surface area contributed by atoms with Crippen LogP contribution in [0.5, 0.6) is 0 Å². The highest BCUT2D eigenvalue weighted by Crippen LogP contribution is 2.10. The van der Waals surface area contributed by atoms with Crippen LogP contribution >= 0.6 is 0 Å². The monoisotopic (exact) mass is 361 g/mol. The predicted molar refractivity (Wildman–Crippen MR) is 98.9 cm³/mol. The Morgan fingerprint density at radius 3 is 2.12 bits per heavy atom. The maximum atomic E-state index is 11.7. The Kier molecular flexibility index (Phi) is 15.3. The predicted octanol–water partition coefficient (Wildman–Crippen LogP) is 1.38. The van der Waals surface area contributed by atoms with Crippen LogP contribution in [-0.2, 0) is 20.5 Å². The molecule has 0 rings (SSSR count). The SMILES string of the molecule is CCCCCCCCCCCC(=O)NCC(O)C[S+](C)CC(=O)[O-]. The first-order valence-electron chi connectivity index (χ1n) is 9.19. The molecule has 0 saturated heterocycles. The zero-order chi connectivity index (χ0) is 18.2. The number of aliphatic hydroxyl groups is 1. The molecule has 0 aromatic rings. The number of unbranched alkanes of at least 4 members (excludes halogenated alkanes) is 8. The van der Waals surface area contributed by atoms with E-state index in [1.165, 1.54) is 44.9 Å². The first kappa shape index (κ1) is 23.2. The van der Waals surface area contributed by atoms with Crippen LogP contribution in [0, 0.1) is 0 Å². The van der Waals surface area contributed by atoms with E-state index in [9.17, 15) is 19.8 Å². The summed E-state index contributed by atoms with van der Waals surface area (Å²) in [7, 11) is -0.421. The van der Waals surface area contributed by atoms with Crippen molar-refractivity contribution in [2.75, 3.05) is 24.3 Å². The van der Waals surface area contributed by atoms with Crippen molar-refractivity contribution in [3.8, 4) is 0 Å². The van der Waals surface area contributed by atoms with Gasteiger partial charge in [0.05, 0.1) is 12.2 Å². The Morgan fingerprint density at radius 2 is 1.58 bits per heavy atom. The molecule has 2 N–H and O–H groups in total. The number of hydrogen-bond donors (Lipinski definition) is 2. The summed E-state index contributed by atoms with van der Waals surface area (Å²) in [6.45, 7) is 2.42. The van der Waals surface area contributed by atoms with Crippen molar-refractivity contribution in [2.45, 2.75) is 77.2 Å². The molecule has 5 nitrogen and oxygen atoms in total. The minimum absolute atomic E-state index is 0.0344. The Balaban J connectivity index is 3.47. The molecule has 0 aliphatic carbocycles. The number of rotatable bonds is 16. The molecule has 0 bridgehead atoms. The van der Waals surface area contributed by atoms with Crippen molar-refractivity contribution in [3.63, 3.8) is 0 Å². The Labute approximate surface area is 149 Å². The Hall–Kier alpha value is -0.750. The Bertz CT molecular complexity index is 339. The van der Waals surface area contributed by atoms with E-state index in [1.54, 1.807) is 6.26 Å². The molecule has 142 valence electrons. The second kappa shape index (κ2) is 15.8. The van der Waals surface area contributed by atoms with E-state index in [0.717, 1.165) is 12.8 Å². The molecular weight excluding hydrogens is 326 g/mol. The number of carbonyl (C=O) groups is 2. The van der Waals surface area contributed by atoms with Gasteiger partial charge in [0, 0.05) is 13.0 Å². The van der Waals surface area contributed by atoms with E-state index in [2.05, 4.69) is 12.2 Å². The molecule has 0 fully saturated rings. The molecule has 0 aromatic heterocycles. The van der Waals surface area contributed by atoms with Gasteiger partial charge in [-0.25, -0.2) is 0 Å². The summed E-state index contributed by atoms with van der Waals surface area (Å²) in [6.07, 6.45) is 12.6. The number of amides is 1. The van der Waals surface area contributed by atoms with Crippen molar-refractivity contribution < 1.29 is 19.8 Å². The first-order valence-corrected chi connectivity index (χ1v) is 11.2. The van der Waals surface area contributed by atoms with Gasteiger partial charge in [-0.05, 0) is 17.3 Å².